The number of rotatable bonds is 2. The van der Waals surface area contributed by atoms with Crippen LogP contribution in [0, 0.1) is 12.1 Å². The zero-order chi connectivity index (χ0) is 9.14. The fraction of sp³-hybridized carbons (Fsp3) is 0.444. The Labute approximate surface area is 72.2 Å². The second-order valence-corrected chi connectivity index (χ2v) is 2.69. The number of methoxy groups -OCH3 is 1. The van der Waals surface area contributed by atoms with Gasteiger partial charge in [-0.15, -0.1) is 0 Å². The molecule has 0 atom stereocenters. The highest BCUT2D eigenvalue weighted by Gasteiger charge is 2.07. The second kappa shape index (κ2) is 3.43. The van der Waals surface area contributed by atoms with Crippen LogP contribution in [-0.4, -0.2) is 7.11 Å². The highest BCUT2D eigenvalue weighted by Crippen LogP contribution is 2.16. The minimum absolute atomic E-state index is 0.657. The minimum atomic E-state index is 0.657. The molecule has 0 spiro atoms. The van der Waals surface area contributed by atoms with Crippen LogP contribution in [0.25, 0.3) is 0 Å². The highest BCUT2D eigenvalue weighted by molar-refractivity contribution is 5.30. The van der Waals surface area contributed by atoms with Crippen molar-refractivity contribution in [3.05, 3.63) is 28.7 Å². The molecule has 12 heavy (non-hydrogen) atoms. The van der Waals surface area contributed by atoms with Crippen LogP contribution < -0.4 is 9.47 Å². The summed E-state index contributed by atoms with van der Waals surface area (Å²) in [4.78, 5) is 0. The van der Waals surface area contributed by atoms with Gasteiger partial charge in [-0.25, -0.2) is 0 Å². The minimum Gasteiger partial charge on any atom is -0.618 e. The quantitative estimate of drug-likeness (QED) is 0.490. The molecule has 66 valence electrons. The van der Waals surface area contributed by atoms with Gasteiger partial charge in [0.05, 0.1) is 12.7 Å². The van der Waals surface area contributed by atoms with Gasteiger partial charge in [-0.1, -0.05) is 6.92 Å². The van der Waals surface area contributed by atoms with E-state index < -0.39 is 0 Å². The van der Waals surface area contributed by atoms with E-state index in [1.54, 1.807) is 26.3 Å². The molecule has 0 aromatic carbocycles. The summed E-state index contributed by atoms with van der Waals surface area (Å²) in [6.45, 7) is 3.75. The summed E-state index contributed by atoms with van der Waals surface area (Å²) >= 11 is 0. The van der Waals surface area contributed by atoms with Crippen molar-refractivity contribution in [2.75, 3.05) is 7.11 Å². The van der Waals surface area contributed by atoms with Crippen LogP contribution in [0.3, 0.4) is 0 Å². The number of aromatic nitrogens is 1. The molecule has 1 aromatic rings. The zero-order valence-electron chi connectivity index (χ0n) is 7.63. The molecule has 3 heteroatoms. The first-order chi connectivity index (χ1) is 5.69. The molecule has 0 radical (unpaired) electrons. The van der Waals surface area contributed by atoms with Gasteiger partial charge in [-0.05, 0) is 6.42 Å². The van der Waals surface area contributed by atoms with E-state index in [2.05, 4.69) is 0 Å². The first-order valence-corrected chi connectivity index (χ1v) is 3.95. The molecule has 1 aromatic heterocycles. The first kappa shape index (κ1) is 8.84. The molecule has 0 aliphatic carbocycles. The lowest BCUT2D eigenvalue weighted by atomic mass is 10.2. The van der Waals surface area contributed by atoms with Crippen LogP contribution in [0.1, 0.15) is 18.2 Å². The summed E-state index contributed by atoms with van der Waals surface area (Å²) in [5.74, 6) is 0.794. The maximum absolute atomic E-state index is 11.1. The molecule has 0 aliphatic heterocycles. The average molecular weight is 167 g/mol. The molecule has 3 nitrogen and oxygen atoms in total. The predicted molar refractivity (Wildman–Crippen MR) is 46.1 cm³/mol. The average Bonchev–Trinajstić information content (AvgIpc) is 2.09. The van der Waals surface area contributed by atoms with Crippen LogP contribution >= 0.6 is 0 Å². The van der Waals surface area contributed by atoms with Crippen molar-refractivity contribution < 1.29 is 9.47 Å². The molecule has 0 amide bonds. The van der Waals surface area contributed by atoms with E-state index in [0.29, 0.717) is 5.69 Å². The SMILES string of the molecule is CCc1c[n+]([O-])c(C)cc1OC. The van der Waals surface area contributed by atoms with Gasteiger partial charge in [-0.2, -0.15) is 4.73 Å². The standard InChI is InChI=1S/C9H13NO2/c1-4-8-6-10(11)7(2)5-9(8)12-3/h5-6H,4H2,1-3H3. The number of pyridine rings is 1. The van der Waals surface area contributed by atoms with E-state index in [0.717, 1.165) is 22.5 Å². The summed E-state index contributed by atoms with van der Waals surface area (Å²) in [7, 11) is 1.61. The molecule has 0 unspecified atom stereocenters. The fourth-order valence-electron chi connectivity index (χ4n) is 1.11. The predicted octanol–water partition coefficient (Wildman–Crippen LogP) is 1.20. The van der Waals surface area contributed by atoms with Gasteiger partial charge in [0.15, 0.2) is 11.9 Å². The third-order valence-corrected chi connectivity index (χ3v) is 1.88. The van der Waals surface area contributed by atoms with Crippen molar-refractivity contribution in [2.24, 2.45) is 0 Å². The lowest BCUT2D eigenvalue weighted by Gasteiger charge is -2.07. The number of nitrogens with zero attached hydrogens (tertiary/aromatic N) is 1. The summed E-state index contributed by atoms with van der Waals surface area (Å²) in [5, 5.41) is 11.1. The molecular weight excluding hydrogens is 154 g/mol. The van der Waals surface area contributed by atoms with Crippen LogP contribution in [0.4, 0.5) is 0 Å². The number of aryl methyl sites for hydroxylation is 2. The van der Waals surface area contributed by atoms with Gasteiger partial charge in [-0.3, -0.25) is 0 Å². The van der Waals surface area contributed by atoms with Crippen LogP contribution in [0.15, 0.2) is 12.3 Å². The lowest BCUT2D eigenvalue weighted by molar-refractivity contribution is -0.612. The Balaban J connectivity index is 3.19. The summed E-state index contributed by atoms with van der Waals surface area (Å²) in [6, 6.07) is 1.76. The van der Waals surface area contributed by atoms with E-state index in [1.807, 2.05) is 6.92 Å². The van der Waals surface area contributed by atoms with Gasteiger partial charge in [0.25, 0.3) is 0 Å². The second-order valence-electron chi connectivity index (χ2n) is 2.69. The van der Waals surface area contributed by atoms with E-state index in [4.69, 9.17) is 4.74 Å². The summed E-state index contributed by atoms with van der Waals surface area (Å²) in [5.41, 5.74) is 1.60. The van der Waals surface area contributed by atoms with Crippen molar-refractivity contribution in [1.29, 1.82) is 0 Å². The molecule has 1 rings (SSSR count). The third-order valence-electron chi connectivity index (χ3n) is 1.88. The maximum Gasteiger partial charge on any atom is 0.193 e. The Hall–Kier alpha value is -1.25. The van der Waals surface area contributed by atoms with E-state index in [9.17, 15) is 5.21 Å². The fourth-order valence-corrected chi connectivity index (χ4v) is 1.11. The highest BCUT2D eigenvalue weighted by atomic mass is 16.5. The van der Waals surface area contributed by atoms with Crippen molar-refractivity contribution in [3.63, 3.8) is 0 Å². The zero-order valence-corrected chi connectivity index (χ0v) is 7.63. The summed E-state index contributed by atoms with van der Waals surface area (Å²) < 4.78 is 5.98. The van der Waals surface area contributed by atoms with E-state index >= 15 is 0 Å². The van der Waals surface area contributed by atoms with E-state index in [1.165, 1.54) is 0 Å². The van der Waals surface area contributed by atoms with Crippen molar-refractivity contribution in [3.8, 4) is 5.75 Å². The Bertz CT molecular complexity index is 255. The van der Waals surface area contributed by atoms with Gasteiger partial charge < -0.3 is 9.94 Å². The molecule has 0 saturated heterocycles. The number of hydrogen-bond donors (Lipinski definition) is 0. The van der Waals surface area contributed by atoms with Gasteiger partial charge in [0.2, 0.25) is 0 Å². The Morgan fingerprint density at radius 1 is 1.58 bits per heavy atom. The first-order valence-electron chi connectivity index (χ1n) is 3.95. The molecule has 0 fully saturated rings. The maximum atomic E-state index is 11.1. The Kier molecular flexibility index (Phi) is 2.53. The van der Waals surface area contributed by atoms with Crippen LogP contribution in [0.2, 0.25) is 0 Å². The molecular formula is C9H13NO2. The van der Waals surface area contributed by atoms with Crippen molar-refractivity contribution in [1.82, 2.24) is 0 Å². The normalized spacial score (nSPS) is 9.92. The molecule has 1 heterocycles. The summed E-state index contributed by atoms with van der Waals surface area (Å²) in [6.07, 6.45) is 2.37. The topological polar surface area (TPSA) is 36.2 Å². The van der Waals surface area contributed by atoms with Gasteiger partial charge in [0, 0.05) is 13.0 Å². The van der Waals surface area contributed by atoms with Crippen LogP contribution in [0.5, 0.6) is 5.75 Å². The molecule has 0 saturated carbocycles. The number of hydrogen-bond acceptors (Lipinski definition) is 2. The number of ether oxygens (including phenoxy) is 1. The molecule has 0 aliphatic rings. The van der Waals surface area contributed by atoms with Gasteiger partial charge in [0.1, 0.15) is 5.75 Å². The lowest BCUT2D eigenvalue weighted by Crippen LogP contribution is -2.30. The largest absolute Gasteiger partial charge is 0.618 e. The van der Waals surface area contributed by atoms with Crippen molar-refractivity contribution >= 4 is 0 Å². The van der Waals surface area contributed by atoms with Gasteiger partial charge >= 0.3 is 0 Å². The Morgan fingerprint density at radius 3 is 2.75 bits per heavy atom. The van der Waals surface area contributed by atoms with Crippen LogP contribution in [-0.2, 0) is 6.42 Å². The Morgan fingerprint density at radius 2 is 2.25 bits per heavy atom. The van der Waals surface area contributed by atoms with E-state index in [-0.39, 0.29) is 0 Å². The molecule has 0 N–H and O–H groups in total. The smallest absolute Gasteiger partial charge is 0.193 e. The molecule has 0 bridgehead atoms. The van der Waals surface area contributed by atoms with Crippen molar-refractivity contribution in [2.45, 2.75) is 20.3 Å². The monoisotopic (exact) mass is 167 g/mol. The third kappa shape index (κ3) is 1.49.